The Kier molecular flexibility index (Phi) is 5.54. The molecule has 2 aromatic rings. The number of amides is 1. The molecule has 6 heteroatoms. The van der Waals surface area contributed by atoms with Crippen LogP contribution in [0.1, 0.15) is 68.9 Å². The first kappa shape index (κ1) is 20.0. The molecule has 0 spiro atoms. The summed E-state index contributed by atoms with van der Waals surface area (Å²) < 4.78 is 7.50. The molecule has 6 nitrogen and oxygen atoms in total. The van der Waals surface area contributed by atoms with Gasteiger partial charge in [0.2, 0.25) is 0 Å². The first-order chi connectivity index (χ1) is 14.6. The predicted molar refractivity (Wildman–Crippen MR) is 118 cm³/mol. The highest BCUT2D eigenvalue weighted by atomic mass is 16.5. The maximum atomic E-state index is 13.2. The highest BCUT2D eigenvalue weighted by Crippen LogP contribution is 2.37. The van der Waals surface area contributed by atoms with E-state index in [1.165, 1.54) is 32.2 Å². The number of para-hydroxylation sites is 1. The summed E-state index contributed by atoms with van der Waals surface area (Å²) in [6, 6.07) is 9.76. The largest absolute Gasteiger partial charge is 0.381 e. The van der Waals surface area contributed by atoms with Gasteiger partial charge in [-0.15, -0.1) is 0 Å². The van der Waals surface area contributed by atoms with Crippen LogP contribution in [0, 0.1) is 5.92 Å². The number of hydrogen-bond donors (Lipinski definition) is 1. The quantitative estimate of drug-likeness (QED) is 0.815. The summed E-state index contributed by atoms with van der Waals surface area (Å²) in [6.07, 6.45) is 7.06. The molecule has 3 saturated heterocycles. The number of hydrogen-bond acceptors (Lipinski definition) is 4. The highest BCUT2D eigenvalue weighted by molar-refractivity contribution is 6.05. The Labute approximate surface area is 178 Å². The molecule has 2 bridgehead atoms. The Morgan fingerprint density at radius 3 is 2.53 bits per heavy atom. The van der Waals surface area contributed by atoms with E-state index in [0.29, 0.717) is 17.8 Å². The van der Waals surface area contributed by atoms with E-state index in [-0.39, 0.29) is 18.0 Å². The van der Waals surface area contributed by atoms with Crippen molar-refractivity contribution in [2.24, 2.45) is 5.92 Å². The third-order valence-electron chi connectivity index (χ3n) is 7.35. The van der Waals surface area contributed by atoms with E-state index in [2.05, 4.69) is 29.2 Å². The Bertz CT molecular complexity index is 888. The molecular weight excluding hydrogens is 376 g/mol. The first-order valence-electron chi connectivity index (χ1n) is 11.7. The summed E-state index contributed by atoms with van der Waals surface area (Å²) in [7, 11) is 0. The molecule has 162 valence electrons. The van der Waals surface area contributed by atoms with E-state index in [0.717, 1.165) is 42.9 Å². The summed E-state index contributed by atoms with van der Waals surface area (Å²) in [4.78, 5) is 15.9. The third-order valence-corrected chi connectivity index (χ3v) is 7.35. The van der Waals surface area contributed by atoms with E-state index >= 15 is 0 Å². The predicted octanol–water partition coefficient (Wildman–Crippen LogP) is 3.77. The minimum atomic E-state index is -0.0205. The van der Waals surface area contributed by atoms with Gasteiger partial charge in [0, 0.05) is 49.3 Å². The van der Waals surface area contributed by atoms with Crippen LogP contribution in [-0.4, -0.2) is 58.5 Å². The molecule has 0 saturated carbocycles. The zero-order valence-electron chi connectivity index (χ0n) is 18.2. The summed E-state index contributed by atoms with van der Waals surface area (Å²) in [6.45, 7) is 7.26. The summed E-state index contributed by atoms with van der Waals surface area (Å²) >= 11 is 0. The number of benzene rings is 1. The van der Waals surface area contributed by atoms with Crippen molar-refractivity contribution in [1.29, 1.82) is 0 Å². The fourth-order valence-corrected chi connectivity index (χ4v) is 5.82. The van der Waals surface area contributed by atoms with Gasteiger partial charge in [-0.1, -0.05) is 18.2 Å². The number of nitrogens with one attached hydrogen (secondary N) is 1. The number of aromatic nitrogens is 2. The van der Waals surface area contributed by atoms with Crippen LogP contribution in [0.2, 0.25) is 0 Å². The van der Waals surface area contributed by atoms with Gasteiger partial charge in [0.25, 0.3) is 5.91 Å². The summed E-state index contributed by atoms with van der Waals surface area (Å²) in [5.74, 6) is 0.757. The number of piperidine rings is 1. The Morgan fingerprint density at radius 1 is 1.13 bits per heavy atom. The Hall–Kier alpha value is -1.92. The van der Waals surface area contributed by atoms with Crippen molar-refractivity contribution in [3.8, 4) is 0 Å². The molecule has 0 aliphatic carbocycles. The molecule has 2 unspecified atom stereocenters. The van der Waals surface area contributed by atoms with Crippen molar-refractivity contribution in [3.63, 3.8) is 0 Å². The topological polar surface area (TPSA) is 59.4 Å². The molecular formula is C24H34N4O2. The molecule has 4 heterocycles. The number of ether oxygens (including phenoxy) is 1. The second-order valence-electron chi connectivity index (χ2n) is 9.68. The van der Waals surface area contributed by atoms with E-state index in [1.807, 2.05) is 28.9 Å². The van der Waals surface area contributed by atoms with Crippen LogP contribution in [0.15, 0.2) is 24.3 Å². The molecule has 1 amide bonds. The van der Waals surface area contributed by atoms with E-state index in [1.54, 1.807) is 0 Å². The van der Waals surface area contributed by atoms with Crippen molar-refractivity contribution in [1.82, 2.24) is 20.0 Å². The molecule has 3 aliphatic rings. The van der Waals surface area contributed by atoms with Crippen molar-refractivity contribution >= 4 is 16.8 Å². The molecule has 1 aromatic heterocycles. The SMILES string of the molecule is CC(C)n1nc(C(=O)NC2CC3CCC(C2)N3CC2CCOCC2)c2ccccc21. The number of fused-ring (bicyclic) bond motifs is 3. The summed E-state index contributed by atoms with van der Waals surface area (Å²) in [5.41, 5.74) is 1.60. The van der Waals surface area contributed by atoms with Crippen LogP contribution in [-0.2, 0) is 4.74 Å². The van der Waals surface area contributed by atoms with Crippen molar-refractivity contribution in [3.05, 3.63) is 30.0 Å². The minimum absolute atomic E-state index is 0.0205. The molecule has 3 aliphatic heterocycles. The average Bonchev–Trinajstić information content (AvgIpc) is 3.24. The molecule has 2 atom stereocenters. The van der Waals surface area contributed by atoms with Gasteiger partial charge in [-0.25, -0.2) is 0 Å². The van der Waals surface area contributed by atoms with Crippen molar-refractivity contribution < 1.29 is 9.53 Å². The number of carbonyl (C=O) groups is 1. The number of carbonyl (C=O) groups excluding carboxylic acids is 1. The van der Waals surface area contributed by atoms with Crippen LogP contribution in [0.5, 0.6) is 0 Å². The maximum Gasteiger partial charge on any atom is 0.272 e. The standard InChI is InChI=1S/C24H34N4O2/c1-16(2)28-22-6-4-3-5-21(22)23(26-28)24(29)25-18-13-19-7-8-20(14-18)27(19)15-17-9-11-30-12-10-17/h3-6,16-20H,7-15H2,1-2H3,(H,25,29). The van der Waals surface area contributed by atoms with Crippen LogP contribution in [0.25, 0.3) is 10.9 Å². The zero-order valence-corrected chi connectivity index (χ0v) is 18.2. The van der Waals surface area contributed by atoms with Crippen LogP contribution in [0.4, 0.5) is 0 Å². The molecule has 1 aromatic carbocycles. The highest BCUT2D eigenvalue weighted by Gasteiger charge is 2.42. The van der Waals surface area contributed by atoms with E-state index in [9.17, 15) is 4.79 Å². The lowest BCUT2D eigenvalue weighted by atomic mass is 9.93. The fraction of sp³-hybridized carbons (Fsp3) is 0.667. The normalized spacial score (nSPS) is 27.8. The van der Waals surface area contributed by atoms with Crippen LogP contribution < -0.4 is 5.32 Å². The maximum absolute atomic E-state index is 13.2. The van der Waals surface area contributed by atoms with E-state index in [4.69, 9.17) is 4.74 Å². The fourth-order valence-electron chi connectivity index (χ4n) is 5.82. The Balaban J connectivity index is 1.26. The van der Waals surface area contributed by atoms with Crippen molar-refractivity contribution in [2.75, 3.05) is 19.8 Å². The molecule has 1 N–H and O–H groups in total. The summed E-state index contributed by atoms with van der Waals surface area (Å²) in [5, 5.41) is 8.97. The molecule has 5 rings (SSSR count). The van der Waals surface area contributed by atoms with Gasteiger partial charge < -0.3 is 10.1 Å². The second kappa shape index (κ2) is 8.31. The Morgan fingerprint density at radius 2 is 1.83 bits per heavy atom. The third kappa shape index (κ3) is 3.76. The van der Waals surface area contributed by atoms with Gasteiger partial charge in [-0.3, -0.25) is 14.4 Å². The monoisotopic (exact) mass is 410 g/mol. The number of rotatable bonds is 5. The smallest absolute Gasteiger partial charge is 0.272 e. The lowest BCUT2D eigenvalue weighted by Crippen LogP contribution is -2.51. The lowest BCUT2D eigenvalue weighted by molar-refractivity contribution is 0.0316. The molecule has 30 heavy (non-hydrogen) atoms. The van der Waals surface area contributed by atoms with Crippen LogP contribution >= 0.6 is 0 Å². The van der Waals surface area contributed by atoms with Crippen molar-refractivity contribution in [2.45, 2.75) is 76.5 Å². The zero-order chi connectivity index (χ0) is 20.7. The van der Waals surface area contributed by atoms with Gasteiger partial charge in [0.05, 0.1) is 5.52 Å². The minimum Gasteiger partial charge on any atom is -0.381 e. The van der Waals surface area contributed by atoms with Gasteiger partial charge in [0.1, 0.15) is 0 Å². The first-order valence-corrected chi connectivity index (χ1v) is 11.7. The van der Waals surface area contributed by atoms with E-state index < -0.39 is 0 Å². The number of nitrogens with zero attached hydrogens (tertiary/aromatic N) is 3. The van der Waals surface area contributed by atoms with Gasteiger partial charge >= 0.3 is 0 Å². The van der Waals surface area contributed by atoms with Gasteiger partial charge in [-0.05, 0) is 64.4 Å². The van der Waals surface area contributed by atoms with Gasteiger partial charge in [-0.2, -0.15) is 5.10 Å². The van der Waals surface area contributed by atoms with Gasteiger partial charge in [0.15, 0.2) is 5.69 Å². The second-order valence-corrected chi connectivity index (χ2v) is 9.68. The molecule has 3 fully saturated rings. The average molecular weight is 411 g/mol. The molecule has 0 radical (unpaired) electrons. The lowest BCUT2D eigenvalue weighted by Gasteiger charge is -2.41. The van der Waals surface area contributed by atoms with Crippen LogP contribution in [0.3, 0.4) is 0 Å².